The Morgan fingerprint density at radius 2 is 2.20 bits per heavy atom. The predicted molar refractivity (Wildman–Crippen MR) is 75.3 cm³/mol. The zero-order chi connectivity index (χ0) is 14.1. The number of aryl methyl sites for hydroxylation is 1. The van der Waals surface area contributed by atoms with Crippen LogP contribution in [0.15, 0.2) is 40.9 Å². The van der Waals surface area contributed by atoms with Crippen LogP contribution in [-0.2, 0) is 0 Å². The van der Waals surface area contributed by atoms with Crippen molar-refractivity contribution in [1.29, 1.82) is 0 Å². The number of carbonyl (C=O) groups excluding carboxylic acids is 1. The number of rotatable bonds is 2. The molecule has 0 aliphatic carbocycles. The minimum atomic E-state index is -0.359. The normalized spacial score (nSPS) is 10.7. The van der Waals surface area contributed by atoms with Gasteiger partial charge in [0, 0.05) is 18.8 Å². The lowest BCUT2D eigenvalue weighted by Crippen LogP contribution is -2.15. The van der Waals surface area contributed by atoms with Crippen molar-refractivity contribution in [3.63, 3.8) is 0 Å². The number of nitrogens with one attached hydrogen (secondary N) is 1. The zero-order valence-corrected chi connectivity index (χ0v) is 10.8. The van der Waals surface area contributed by atoms with Crippen LogP contribution in [0.1, 0.15) is 16.4 Å². The summed E-state index contributed by atoms with van der Waals surface area (Å²) in [4.78, 5) is 20.3. The number of nitrogen functional groups attached to an aromatic ring is 1. The average Bonchev–Trinajstić information content (AvgIpc) is 2.78. The molecule has 1 amide bonds. The fourth-order valence-corrected chi connectivity index (χ4v) is 1.92. The number of anilines is 2. The molecule has 100 valence electrons. The molecule has 0 saturated heterocycles. The van der Waals surface area contributed by atoms with E-state index in [0.717, 1.165) is 0 Å². The predicted octanol–water partition coefficient (Wildman–Crippen LogP) is 2.37. The number of pyridine rings is 1. The maximum atomic E-state index is 12.1. The summed E-state index contributed by atoms with van der Waals surface area (Å²) in [5.41, 5.74) is 8.23. The van der Waals surface area contributed by atoms with Gasteiger partial charge in [-0.1, -0.05) is 0 Å². The number of nitrogens with zero attached hydrogens (tertiary/aromatic N) is 2. The van der Waals surface area contributed by atoms with Gasteiger partial charge in [0.1, 0.15) is 5.52 Å². The van der Waals surface area contributed by atoms with Gasteiger partial charge >= 0.3 is 0 Å². The third-order valence-electron chi connectivity index (χ3n) is 2.81. The molecule has 0 fully saturated rings. The van der Waals surface area contributed by atoms with E-state index in [1.807, 2.05) is 0 Å². The smallest absolute Gasteiger partial charge is 0.276 e. The van der Waals surface area contributed by atoms with E-state index < -0.39 is 0 Å². The number of aromatic nitrogens is 2. The standard InChI is InChI=1S/C14H12N4O2/c1-8-17-11-7-9(4-5-12(11)20-8)18-14(19)13-10(15)3-2-6-16-13/h2-7H,15H2,1H3,(H,18,19). The molecule has 6 heteroatoms. The van der Waals surface area contributed by atoms with Gasteiger partial charge in [-0.3, -0.25) is 4.79 Å². The second-order valence-corrected chi connectivity index (χ2v) is 4.31. The van der Waals surface area contributed by atoms with Gasteiger partial charge in [-0.25, -0.2) is 9.97 Å². The molecule has 1 aromatic carbocycles. The van der Waals surface area contributed by atoms with Crippen molar-refractivity contribution < 1.29 is 9.21 Å². The highest BCUT2D eigenvalue weighted by atomic mass is 16.3. The van der Waals surface area contributed by atoms with Gasteiger partial charge in [0.25, 0.3) is 5.91 Å². The SMILES string of the molecule is Cc1nc2cc(NC(=O)c3ncccc3N)ccc2o1. The number of oxazole rings is 1. The number of nitrogens with two attached hydrogens (primary N) is 1. The quantitative estimate of drug-likeness (QED) is 0.744. The number of fused-ring (bicyclic) bond motifs is 1. The van der Waals surface area contributed by atoms with Gasteiger partial charge in [0.05, 0.1) is 5.69 Å². The molecule has 0 saturated carbocycles. The molecule has 0 radical (unpaired) electrons. The zero-order valence-electron chi connectivity index (χ0n) is 10.8. The highest BCUT2D eigenvalue weighted by molar-refractivity contribution is 6.06. The van der Waals surface area contributed by atoms with E-state index in [1.54, 1.807) is 37.3 Å². The van der Waals surface area contributed by atoms with Crippen LogP contribution in [0.3, 0.4) is 0 Å². The van der Waals surface area contributed by atoms with E-state index in [0.29, 0.717) is 28.4 Å². The fraction of sp³-hybridized carbons (Fsp3) is 0.0714. The van der Waals surface area contributed by atoms with Gasteiger partial charge in [-0.05, 0) is 30.3 Å². The molecule has 0 bridgehead atoms. The molecule has 20 heavy (non-hydrogen) atoms. The minimum Gasteiger partial charge on any atom is -0.441 e. The first-order chi connectivity index (χ1) is 9.63. The molecule has 3 N–H and O–H groups in total. The maximum Gasteiger partial charge on any atom is 0.276 e. The Morgan fingerprint density at radius 1 is 1.35 bits per heavy atom. The lowest BCUT2D eigenvalue weighted by atomic mass is 10.2. The largest absolute Gasteiger partial charge is 0.441 e. The van der Waals surface area contributed by atoms with Crippen LogP contribution >= 0.6 is 0 Å². The van der Waals surface area contributed by atoms with Gasteiger partial charge in [0.15, 0.2) is 17.2 Å². The van der Waals surface area contributed by atoms with Gasteiger partial charge in [-0.15, -0.1) is 0 Å². The number of benzene rings is 1. The number of hydrogen-bond donors (Lipinski definition) is 2. The van der Waals surface area contributed by atoms with Crippen LogP contribution in [0, 0.1) is 6.92 Å². The maximum absolute atomic E-state index is 12.1. The molecule has 0 aliphatic heterocycles. The molecule has 3 rings (SSSR count). The molecule has 0 aliphatic rings. The monoisotopic (exact) mass is 268 g/mol. The molecule has 0 atom stereocenters. The minimum absolute atomic E-state index is 0.198. The van der Waals surface area contributed by atoms with Crippen molar-refractivity contribution >= 4 is 28.4 Å². The van der Waals surface area contributed by atoms with Crippen LogP contribution in [0.5, 0.6) is 0 Å². The van der Waals surface area contributed by atoms with Crippen LogP contribution in [0.2, 0.25) is 0 Å². The van der Waals surface area contributed by atoms with E-state index in [2.05, 4.69) is 15.3 Å². The summed E-state index contributed by atoms with van der Waals surface area (Å²) in [7, 11) is 0. The third-order valence-corrected chi connectivity index (χ3v) is 2.81. The van der Waals surface area contributed by atoms with E-state index in [1.165, 1.54) is 6.20 Å². The topological polar surface area (TPSA) is 94.0 Å². The Kier molecular flexibility index (Phi) is 2.83. The molecular formula is C14H12N4O2. The lowest BCUT2D eigenvalue weighted by Gasteiger charge is -2.06. The van der Waals surface area contributed by atoms with Crippen molar-refractivity contribution in [3.8, 4) is 0 Å². The van der Waals surface area contributed by atoms with Crippen LogP contribution in [0.25, 0.3) is 11.1 Å². The summed E-state index contributed by atoms with van der Waals surface area (Å²) in [6, 6.07) is 8.54. The Balaban J connectivity index is 1.89. The summed E-state index contributed by atoms with van der Waals surface area (Å²) >= 11 is 0. The third kappa shape index (κ3) is 2.18. The summed E-state index contributed by atoms with van der Waals surface area (Å²) in [5, 5.41) is 2.74. The molecular weight excluding hydrogens is 256 g/mol. The Morgan fingerprint density at radius 3 is 3.00 bits per heavy atom. The van der Waals surface area contributed by atoms with E-state index in [4.69, 9.17) is 10.2 Å². The van der Waals surface area contributed by atoms with Crippen LogP contribution in [0.4, 0.5) is 11.4 Å². The number of amides is 1. The van der Waals surface area contributed by atoms with Crippen LogP contribution in [-0.4, -0.2) is 15.9 Å². The van der Waals surface area contributed by atoms with Crippen molar-refractivity contribution in [3.05, 3.63) is 48.1 Å². The van der Waals surface area contributed by atoms with E-state index in [-0.39, 0.29) is 11.6 Å². The Labute approximate surface area is 114 Å². The highest BCUT2D eigenvalue weighted by Crippen LogP contribution is 2.20. The van der Waals surface area contributed by atoms with Gasteiger partial charge in [-0.2, -0.15) is 0 Å². The fourth-order valence-electron chi connectivity index (χ4n) is 1.92. The summed E-state index contributed by atoms with van der Waals surface area (Å²) < 4.78 is 5.38. The van der Waals surface area contributed by atoms with Crippen molar-refractivity contribution in [2.75, 3.05) is 11.1 Å². The number of hydrogen-bond acceptors (Lipinski definition) is 5. The molecule has 2 heterocycles. The Hall–Kier alpha value is -2.89. The van der Waals surface area contributed by atoms with Gasteiger partial charge < -0.3 is 15.5 Å². The average molecular weight is 268 g/mol. The summed E-state index contributed by atoms with van der Waals surface area (Å²) in [6.07, 6.45) is 1.52. The molecule has 0 unspecified atom stereocenters. The van der Waals surface area contributed by atoms with Crippen molar-refractivity contribution in [2.24, 2.45) is 0 Å². The van der Waals surface area contributed by atoms with Crippen molar-refractivity contribution in [2.45, 2.75) is 6.92 Å². The first kappa shape index (κ1) is 12.2. The molecule has 0 spiro atoms. The summed E-state index contributed by atoms with van der Waals surface area (Å²) in [5.74, 6) is 0.222. The molecule has 3 aromatic rings. The first-order valence-electron chi connectivity index (χ1n) is 6.02. The van der Waals surface area contributed by atoms with Crippen LogP contribution < -0.4 is 11.1 Å². The highest BCUT2D eigenvalue weighted by Gasteiger charge is 2.12. The molecule has 2 aromatic heterocycles. The van der Waals surface area contributed by atoms with E-state index in [9.17, 15) is 4.79 Å². The first-order valence-corrected chi connectivity index (χ1v) is 6.02. The van der Waals surface area contributed by atoms with E-state index >= 15 is 0 Å². The molecule has 6 nitrogen and oxygen atoms in total. The lowest BCUT2D eigenvalue weighted by molar-refractivity contribution is 0.102. The van der Waals surface area contributed by atoms with Gasteiger partial charge in [0.2, 0.25) is 0 Å². The Bertz CT molecular complexity index is 795. The second kappa shape index (κ2) is 4.65. The number of carbonyl (C=O) groups is 1. The van der Waals surface area contributed by atoms with Crippen molar-refractivity contribution in [1.82, 2.24) is 9.97 Å². The summed E-state index contributed by atoms with van der Waals surface area (Å²) in [6.45, 7) is 1.77. The second-order valence-electron chi connectivity index (χ2n) is 4.31.